The topological polar surface area (TPSA) is 72.6 Å². The van der Waals surface area contributed by atoms with E-state index in [1.807, 2.05) is 0 Å². The first-order valence-corrected chi connectivity index (χ1v) is 6.54. The highest BCUT2D eigenvalue weighted by atomic mass is 32.1. The predicted octanol–water partition coefficient (Wildman–Crippen LogP) is 1.62. The van der Waals surface area contributed by atoms with Gasteiger partial charge in [0, 0.05) is 12.0 Å². The van der Waals surface area contributed by atoms with Crippen molar-refractivity contribution < 1.29 is 14.3 Å². The minimum atomic E-state index is -0.731. The van der Waals surface area contributed by atoms with Crippen molar-refractivity contribution >= 4 is 34.7 Å². The smallest absolute Gasteiger partial charge is 0.240 e. The fourth-order valence-electron chi connectivity index (χ4n) is 2.29. The van der Waals surface area contributed by atoms with Crippen LogP contribution in [0.2, 0.25) is 0 Å². The van der Waals surface area contributed by atoms with E-state index in [-0.39, 0.29) is 23.2 Å². The third kappa shape index (κ3) is 2.16. The zero-order valence-electron chi connectivity index (χ0n) is 11.6. The molecular weight excluding hydrogens is 276 g/mol. The second-order valence-corrected chi connectivity index (χ2v) is 5.76. The summed E-state index contributed by atoms with van der Waals surface area (Å²) in [5.41, 5.74) is 5.75. The molecule has 0 aromatic heterocycles. The number of benzene rings is 1. The van der Waals surface area contributed by atoms with Crippen molar-refractivity contribution in [3.63, 3.8) is 0 Å². The van der Waals surface area contributed by atoms with Gasteiger partial charge in [0.15, 0.2) is 0 Å². The Morgan fingerprint density at radius 1 is 1.40 bits per heavy atom. The summed E-state index contributed by atoms with van der Waals surface area (Å²) in [6.45, 7) is 3.48. The molecule has 0 saturated carbocycles. The van der Waals surface area contributed by atoms with E-state index in [2.05, 4.69) is 0 Å². The van der Waals surface area contributed by atoms with Crippen LogP contribution in [0.25, 0.3) is 0 Å². The highest BCUT2D eigenvalue weighted by Crippen LogP contribution is 2.40. The Morgan fingerprint density at radius 3 is 2.50 bits per heavy atom. The number of hydrogen-bond donors (Lipinski definition) is 1. The van der Waals surface area contributed by atoms with Crippen LogP contribution in [0, 0.1) is 5.41 Å². The van der Waals surface area contributed by atoms with Crippen molar-refractivity contribution in [2.45, 2.75) is 20.3 Å². The lowest BCUT2D eigenvalue weighted by Gasteiger charge is -2.22. The molecule has 0 spiro atoms. The Morgan fingerprint density at radius 2 is 2.05 bits per heavy atom. The molecule has 6 heteroatoms. The molecule has 20 heavy (non-hydrogen) atoms. The van der Waals surface area contributed by atoms with Gasteiger partial charge in [0.05, 0.1) is 12.5 Å². The van der Waals surface area contributed by atoms with Gasteiger partial charge < -0.3 is 10.5 Å². The Hall–Kier alpha value is -1.95. The largest absolute Gasteiger partial charge is 0.495 e. The standard InChI is InChI=1S/C14H16N2O3S/c1-14(2)7-10(17)16(13(14)18)11-8(12(15)20)5-4-6-9(11)19-3/h4-6H,7H2,1-3H3,(H2,15,20). The lowest BCUT2D eigenvalue weighted by molar-refractivity contribution is -0.124. The second kappa shape index (κ2) is 4.86. The van der Waals surface area contributed by atoms with E-state index < -0.39 is 5.41 Å². The summed E-state index contributed by atoms with van der Waals surface area (Å²) in [4.78, 5) is 25.9. The summed E-state index contributed by atoms with van der Waals surface area (Å²) in [5, 5.41) is 0. The summed E-state index contributed by atoms with van der Waals surface area (Å²) in [6.07, 6.45) is 0.153. The zero-order valence-corrected chi connectivity index (χ0v) is 12.4. The average Bonchev–Trinajstić information content (AvgIpc) is 2.57. The summed E-state index contributed by atoms with van der Waals surface area (Å²) in [7, 11) is 1.47. The van der Waals surface area contributed by atoms with Crippen LogP contribution < -0.4 is 15.4 Å². The van der Waals surface area contributed by atoms with E-state index in [9.17, 15) is 9.59 Å². The third-order valence-corrected chi connectivity index (χ3v) is 3.55. The number of nitrogens with zero attached hydrogens (tertiary/aromatic N) is 1. The molecule has 1 aliphatic rings. The highest BCUT2D eigenvalue weighted by molar-refractivity contribution is 7.80. The minimum absolute atomic E-state index is 0.115. The Bertz CT molecular complexity index is 610. The first-order valence-electron chi connectivity index (χ1n) is 6.14. The van der Waals surface area contributed by atoms with Gasteiger partial charge in [-0.3, -0.25) is 9.59 Å². The minimum Gasteiger partial charge on any atom is -0.495 e. The molecule has 1 aliphatic heterocycles. The Labute approximate surface area is 122 Å². The monoisotopic (exact) mass is 292 g/mol. The number of carbonyl (C=O) groups excluding carboxylic acids is 2. The predicted molar refractivity (Wildman–Crippen MR) is 79.8 cm³/mol. The summed E-state index contributed by atoms with van der Waals surface area (Å²) in [6, 6.07) is 5.06. The quantitative estimate of drug-likeness (QED) is 0.677. The van der Waals surface area contributed by atoms with Gasteiger partial charge in [-0.05, 0) is 12.1 Å². The Kier molecular flexibility index (Phi) is 3.52. The lowest BCUT2D eigenvalue weighted by atomic mass is 9.92. The van der Waals surface area contributed by atoms with Gasteiger partial charge in [-0.25, -0.2) is 4.90 Å². The van der Waals surface area contributed by atoms with Gasteiger partial charge in [0.2, 0.25) is 11.8 Å². The number of thiocarbonyl (C=S) groups is 1. The molecule has 0 atom stereocenters. The number of ether oxygens (including phenoxy) is 1. The fraction of sp³-hybridized carbons (Fsp3) is 0.357. The zero-order chi connectivity index (χ0) is 15.1. The molecule has 1 saturated heterocycles. The van der Waals surface area contributed by atoms with E-state index in [0.29, 0.717) is 17.0 Å². The molecule has 1 fully saturated rings. The van der Waals surface area contributed by atoms with Crippen LogP contribution in [0.15, 0.2) is 18.2 Å². The van der Waals surface area contributed by atoms with Gasteiger partial charge in [-0.1, -0.05) is 32.1 Å². The van der Waals surface area contributed by atoms with Gasteiger partial charge in [0.25, 0.3) is 0 Å². The molecule has 0 aliphatic carbocycles. The lowest BCUT2D eigenvalue weighted by Crippen LogP contribution is -2.35. The van der Waals surface area contributed by atoms with Gasteiger partial charge >= 0.3 is 0 Å². The number of anilines is 1. The molecule has 0 bridgehead atoms. The normalized spacial score (nSPS) is 17.4. The molecule has 0 radical (unpaired) electrons. The maximum atomic E-state index is 12.4. The first kappa shape index (κ1) is 14.5. The van der Waals surface area contributed by atoms with Crippen molar-refractivity contribution in [1.29, 1.82) is 0 Å². The molecule has 1 aromatic carbocycles. The molecule has 2 N–H and O–H groups in total. The van der Waals surface area contributed by atoms with Crippen LogP contribution in [0.4, 0.5) is 5.69 Å². The van der Waals surface area contributed by atoms with Gasteiger partial charge in [-0.2, -0.15) is 0 Å². The number of amides is 2. The molecule has 2 amide bonds. The van der Waals surface area contributed by atoms with Gasteiger partial charge in [0.1, 0.15) is 16.4 Å². The molecule has 1 aromatic rings. The van der Waals surface area contributed by atoms with E-state index in [0.717, 1.165) is 4.90 Å². The van der Waals surface area contributed by atoms with E-state index >= 15 is 0 Å². The SMILES string of the molecule is COc1cccc(C(N)=S)c1N1C(=O)CC(C)(C)C1=O. The van der Waals surface area contributed by atoms with Crippen molar-refractivity contribution in [3.8, 4) is 5.75 Å². The molecule has 0 unspecified atom stereocenters. The van der Waals surface area contributed by atoms with Crippen molar-refractivity contribution in [1.82, 2.24) is 0 Å². The van der Waals surface area contributed by atoms with Crippen LogP contribution in [0.5, 0.6) is 5.75 Å². The molecular formula is C14H16N2O3S. The van der Waals surface area contributed by atoms with E-state index in [4.69, 9.17) is 22.7 Å². The van der Waals surface area contributed by atoms with Crippen LogP contribution in [-0.2, 0) is 9.59 Å². The summed E-state index contributed by atoms with van der Waals surface area (Å²) >= 11 is 5.00. The highest BCUT2D eigenvalue weighted by Gasteiger charge is 2.47. The number of carbonyl (C=O) groups is 2. The van der Waals surface area contributed by atoms with Gasteiger partial charge in [-0.15, -0.1) is 0 Å². The number of rotatable bonds is 3. The van der Waals surface area contributed by atoms with E-state index in [1.165, 1.54) is 7.11 Å². The first-order chi connectivity index (χ1) is 9.29. The number of hydrogen-bond acceptors (Lipinski definition) is 4. The Balaban J connectivity index is 2.66. The van der Waals surface area contributed by atoms with Crippen LogP contribution >= 0.6 is 12.2 Å². The van der Waals surface area contributed by atoms with E-state index in [1.54, 1.807) is 32.0 Å². The number of nitrogens with two attached hydrogens (primary N) is 1. The maximum Gasteiger partial charge on any atom is 0.240 e. The van der Waals surface area contributed by atoms with Crippen LogP contribution in [0.1, 0.15) is 25.8 Å². The number of para-hydroxylation sites is 1. The maximum absolute atomic E-state index is 12.4. The van der Waals surface area contributed by atoms with Crippen LogP contribution in [0.3, 0.4) is 0 Å². The summed E-state index contributed by atoms with van der Waals surface area (Å²) < 4.78 is 5.25. The fourth-order valence-corrected chi connectivity index (χ4v) is 2.46. The van der Waals surface area contributed by atoms with Crippen LogP contribution in [-0.4, -0.2) is 23.9 Å². The second-order valence-electron chi connectivity index (χ2n) is 5.32. The molecule has 5 nitrogen and oxygen atoms in total. The third-order valence-electron chi connectivity index (χ3n) is 3.33. The molecule has 1 heterocycles. The number of methoxy groups -OCH3 is 1. The average molecular weight is 292 g/mol. The number of imide groups is 1. The van der Waals surface area contributed by atoms with Crippen molar-refractivity contribution in [2.75, 3.05) is 12.0 Å². The van der Waals surface area contributed by atoms with Crippen molar-refractivity contribution in [3.05, 3.63) is 23.8 Å². The molecule has 106 valence electrons. The summed E-state index contributed by atoms with van der Waals surface area (Å²) in [5.74, 6) is -0.152. The molecule has 2 rings (SSSR count). The van der Waals surface area contributed by atoms with Crippen molar-refractivity contribution in [2.24, 2.45) is 11.1 Å².